The lowest BCUT2D eigenvalue weighted by molar-refractivity contribution is -0.128. The van der Waals surface area contributed by atoms with Crippen molar-refractivity contribution in [2.45, 2.75) is 54.0 Å². The lowest BCUT2D eigenvalue weighted by Gasteiger charge is -2.25. The zero-order valence-electron chi connectivity index (χ0n) is 10.5. The molecule has 0 rings (SSSR count). The van der Waals surface area contributed by atoms with Crippen LogP contribution in [0.4, 0.5) is 0 Å². The molecule has 0 saturated heterocycles. The molecular weight excluding hydrogens is 174 g/mol. The third-order valence-electron chi connectivity index (χ3n) is 2.24. The molecule has 0 heterocycles. The summed E-state index contributed by atoms with van der Waals surface area (Å²) in [6, 6.07) is 0.0254. The average Bonchev–Trinajstić information content (AvgIpc) is 2.03. The summed E-state index contributed by atoms with van der Waals surface area (Å²) in [5.41, 5.74) is -0.231. The maximum Gasteiger partial charge on any atom is 0.155 e. The Morgan fingerprint density at radius 2 is 1.79 bits per heavy atom. The van der Waals surface area contributed by atoms with Gasteiger partial charge in [-0.25, -0.2) is 0 Å². The van der Waals surface area contributed by atoms with E-state index in [1.165, 1.54) is 0 Å². The largest absolute Gasteiger partial charge is 0.307 e. The molecule has 0 spiro atoms. The van der Waals surface area contributed by atoms with Crippen LogP contribution in [0.2, 0.25) is 0 Å². The molecule has 0 saturated carbocycles. The van der Waals surface area contributed by atoms with Crippen molar-refractivity contribution < 1.29 is 4.79 Å². The second-order valence-corrected chi connectivity index (χ2v) is 5.38. The maximum absolute atomic E-state index is 11.9. The normalized spacial score (nSPS) is 14.5. The van der Waals surface area contributed by atoms with Crippen LogP contribution in [0.25, 0.3) is 0 Å². The van der Waals surface area contributed by atoms with Crippen LogP contribution in [-0.2, 0) is 4.79 Å². The SMILES string of the molecule is CC[C@H](NCC(C)C)C(=O)C(C)(C)C. The minimum absolute atomic E-state index is 0.0254. The van der Waals surface area contributed by atoms with Gasteiger partial charge in [0.05, 0.1) is 6.04 Å². The molecule has 0 aromatic rings. The number of nitrogens with one attached hydrogen (secondary N) is 1. The molecule has 0 fully saturated rings. The summed E-state index contributed by atoms with van der Waals surface area (Å²) >= 11 is 0. The molecule has 0 bridgehead atoms. The van der Waals surface area contributed by atoms with Crippen molar-refractivity contribution in [3.63, 3.8) is 0 Å². The highest BCUT2D eigenvalue weighted by Crippen LogP contribution is 2.18. The Balaban J connectivity index is 4.21. The highest BCUT2D eigenvalue weighted by molar-refractivity contribution is 5.88. The third kappa shape index (κ3) is 4.75. The molecular formula is C12H25NO. The van der Waals surface area contributed by atoms with Crippen molar-refractivity contribution >= 4 is 5.78 Å². The van der Waals surface area contributed by atoms with E-state index in [0.717, 1.165) is 13.0 Å². The maximum atomic E-state index is 11.9. The Kier molecular flexibility index (Phi) is 5.35. The fourth-order valence-corrected chi connectivity index (χ4v) is 1.32. The lowest BCUT2D eigenvalue weighted by Crippen LogP contribution is -2.43. The smallest absolute Gasteiger partial charge is 0.155 e. The molecule has 0 amide bonds. The van der Waals surface area contributed by atoms with Gasteiger partial charge in [0.2, 0.25) is 0 Å². The van der Waals surface area contributed by atoms with Gasteiger partial charge in [0.25, 0.3) is 0 Å². The summed E-state index contributed by atoms with van der Waals surface area (Å²) in [6.45, 7) is 13.2. The zero-order chi connectivity index (χ0) is 11.4. The molecule has 14 heavy (non-hydrogen) atoms. The van der Waals surface area contributed by atoms with Crippen LogP contribution in [0, 0.1) is 11.3 Å². The summed E-state index contributed by atoms with van der Waals surface area (Å²) in [7, 11) is 0. The Hall–Kier alpha value is -0.370. The van der Waals surface area contributed by atoms with E-state index in [4.69, 9.17) is 0 Å². The molecule has 0 aromatic carbocycles. The van der Waals surface area contributed by atoms with Crippen LogP contribution in [-0.4, -0.2) is 18.4 Å². The van der Waals surface area contributed by atoms with E-state index >= 15 is 0 Å². The monoisotopic (exact) mass is 199 g/mol. The molecule has 84 valence electrons. The van der Waals surface area contributed by atoms with E-state index < -0.39 is 0 Å². The second kappa shape index (κ2) is 5.50. The first kappa shape index (κ1) is 13.6. The Labute approximate surface area is 88.5 Å². The van der Waals surface area contributed by atoms with E-state index in [9.17, 15) is 4.79 Å². The molecule has 0 radical (unpaired) electrons. The van der Waals surface area contributed by atoms with Crippen LogP contribution >= 0.6 is 0 Å². The van der Waals surface area contributed by atoms with Gasteiger partial charge in [-0.1, -0.05) is 41.5 Å². The minimum Gasteiger partial charge on any atom is -0.307 e. The van der Waals surface area contributed by atoms with Gasteiger partial charge in [-0.2, -0.15) is 0 Å². The van der Waals surface area contributed by atoms with Crippen LogP contribution < -0.4 is 5.32 Å². The number of hydrogen-bond donors (Lipinski definition) is 1. The second-order valence-electron chi connectivity index (χ2n) is 5.38. The van der Waals surface area contributed by atoms with Crippen molar-refractivity contribution in [3.05, 3.63) is 0 Å². The highest BCUT2D eigenvalue weighted by Gasteiger charge is 2.27. The molecule has 0 aliphatic carbocycles. The molecule has 0 aliphatic heterocycles. The van der Waals surface area contributed by atoms with Gasteiger partial charge in [-0.15, -0.1) is 0 Å². The van der Waals surface area contributed by atoms with Gasteiger partial charge >= 0.3 is 0 Å². The van der Waals surface area contributed by atoms with E-state index in [1.54, 1.807) is 0 Å². The molecule has 1 atom stereocenters. The number of hydrogen-bond acceptors (Lipinski definition) is 2. The Bertz CT molecular complexity index is 179. The van der Waals surface area contributed by atoms with Gasteiger partial charge < -0.3 is 5.32 Å². The molecule has 2 nitrogen and oxygen atoms in total. The first-order chi connectivity index (χ1) is 6.29. The van der Waals surface area contributed by atoms with Crippen LogP contribution in [0.1, 0.15) is 48.0 Å². The zero-order valence-corrected chi connectivity index (χ0v) is 10.5. The standard InChI is InChI=1S/C12H25NO/c1-7-10(13-8-9(2)3)11(14)12(4,5)6/h9-10,13H,7-8H2,1-6H3/t10-/m0/s1. The third-order valence-corrected chi connectivity index (χ3v) is 2.24. The van der Waals surface area contributed by atoms with Crippen molar-refractivity contribution in [2.75, 3.05) is 6.54 Å². The van der Waals surface area contributed by atoms with Crippen LogP contribution in [0.15, 0.2) is 0 Å². The molecule has 0 unspecified atom stereocenters. The van der Waals surface area contributed by atoms with Crippen molar-refractivity contribution in [1.82, 2.24) is 5.32 Å². The van der Waals surface area contributed by atoms with Gasteiger partial charge in [0.15, 0.2) is 5.78 Å². The van der Waals surface area contributed by atoms with Crippen LogP contribution in [0.3, 0.4) is 0 Å². The number of Topliss-reactive ketones (excluding diaryl/α,β-unsaturated/α-hetero) is 1. The summed E-state index contributed by atoms with van der Waals surface area (Å²) in [6.07, 6.45) is 0.878. The first-order valence-electron chi connectivity index (χ1n) is 5.56. The topological polar surface area (TPSA) is 29.1 Å². The summed E-state index contributed by atoms with van der Waals surface area (Å²) in [5.74, 6) is 0.914. The quantitative estimate of drug-likeness (QED) is 0.737. The molecule has 0 aromatic heterocycles. The fourth-order valence-electron chi connectivity index (χ4n) is 1.32. The Morgan fingerprint density at radius 1 is 1.29 bits per heavy atom. The van der Waals surface area contributed by atoms with Gasteiger partial charge in [-0.05, 0) is 18.9 Å². The van der Waals surface area contributed by atoms with E-state index in [1.807, 2.05) is 20.8 Å². The summed E-state index contributed by atoms with van der Waals surface area (Å²) in [4.78, 5) is 11.9. The summed E-state index contributed by atoms with van der Waals surface area (Å²) in [5, 5.41) is 3.33. The Morgan fingerprint density at radius 3 is 2.07 bits per heavy atom. The van der Waals surface area contributed by atoms with Gasteiger partial charge in [0.1, 0.15) is 0 Å². The predicted molar refractivity (Wildman–Crippen MR) is 61.4 cm³/mol. The van der Waals surface area contributed by atoms with E-state index in [0.29, 0.717) is 11.7 Å². The van der Waals surface area contributed by atoms with Crippen LogP contribution in [0.5, 0.6) is 0 Å². The number of ketones is 1. The van der Waals surface area contributed by atoms with E-state index in [2.05, 4.69) is 26.1 Å². The lowest BCUT2D eigenvalue weighted by atomic mass is 9.85. The number of carbonyl (C=O) groups excluding carboxylic acids is 1. The van der Waals surface area contributed by atoms with E-state index in [-0.39, 0.29) is 11.5 Å². The molecule has 1 N–H and O–H groups in total. The predicted octanol–water partition coefficient (Wildman–Crippen LogP) is 2.63. The summed E-state index contributed by atoms with van der Waals surface area (Å²) < 4.78 is 0. The number of rotatable bonds is 5. The first-order valence-corrected chi connectivity index (χ1v) is 5.56. The van der Waals surface area contributed by atoms with Crippen molar-refractivity contribution in [2.24, 2.45) is 11.3 Å². The molecule has 2 heteroatoms. The fraction of sp³-hybridized carbons (Fsp3) is 0.917. The highest BCUT2D eigenvalue weighted by atomic mass is 16.1. The van der Waals surface area contributed by atoms with Gasteiger partial charge in [-0.3, -0.25) is 4.79 Å². The number of carbonyl (C=O) groups is 1. The van der Waals surface area contributed by atoms with Crippen molar-refractivity contribution in [1.29, 1.82) is 0 Å². The molecule has 0 aliphatic rings. The van der Waals surface area contributed by atoms with Gasteiger partial charge in [0, 0.05) is 5.41 Å². The van der Waals surface area contributed by atoms with Crippen molar-refractivity contribution in [3.8, 4) is 0 Å². The average molecular weight is 199 g/mol. The minimum atomic E-state index is -0.231.